The van der Waals surface area contributed by atoms with E-state index >= 15 is 0 Å². The average molecular weight is 272 g/mol. The van der Waals surface area contributed by atoms with E-state index < -0.39 is 18.0 Å². The maximum Gasteiger partial charge on any atom is 0.407 e. The van der Waals surface area contributed by atoms with Crippen LogP contribution >= 0.6 is 0 Å². The highest BCUT2D eigenvalue weighted by molar-refractivity contribution is 5.83. The summed E-state index contributed by atoms with van der Waals surface area (Å²) >= 11 is 0. The van der Waals surface area contributed by atoms with E-state index in [2.05, 4.69) is 12.2 Å². The van der Waals surface area contributed by atoms with Crippen LogP contribution in [0.5, 0.6) is 0 Å². The Bertz CT molecular complexity index is 257. The molecule has 0 saturated carbocycles. The summed E-state index contributed by atoms with van der Waals surface area (Å²) in [6.45, 7) is 4.13. The number of rotatable bonds is 11. The van der Waals surface area contributed by atoms with Crippen molar-refractivity contribution in [3.8, 4) is 0 Å². The Morgan fingerprint density at radius 2 is 1.58 bits per heavy atom. The summed E-state index contributed by atoms with van der Waals surface area (Å²) in [6.07, 6.45) is 9.02. The van der Waals surface area contributed by atoms with Crippen molar-refractivity contribution in [3.05, 3.63) is 0 Å². The third-order valence-electron chi connectivity index (χ3n) is 2.99. The largest absolute Gasteiger partial charge is 0.450 e. The minimum Gasteiger partial charge on any atom is -0.450 e. The van der Waals surface area contributed by atoms with E-state index in [-0.39, 0.29) is 0 Å². The van der Waals surface area contributed by atoms with Gasteiger partial charge in [-0.1, -0.05) is 51.9 Å². The zero-order valence-electron chi connectivity index (χ0n) is 12.2. The highest BCUT2D eigenvalue weighted by Crippen LogP contribution is 2.08. The van der Waals surface area contributed by atoms with E-state index in [0.717, 1.165) is 12.8 Å². The molecule has 3 N–H and O–H groups in total. The Kier molecular flexibility index (Phi) is 11.0. The van der Waals surface area contributed by atoms with E-state index in [1.165, 1.54) is 45.4 Å². The van der Waals surface area contributed by atoms with Crippen LogP contribution in [0.1, 0.15) is 65.2 Å². The standard InChI is InChI=1S/C14H28N2O3/c1-3-4-5-6-7-8-9-10-11-19-14(18)16-12(2)13(15)17/h12H,3-11H2,1-2H3,(H2,15,17)(H,16,18). The first kappa shape index (κ1) is 17.7. The third kappa shape index (κ3) is 11.6. The summed E-state index contributed by atoms with van der Waals surface area (Å²) in [4.78, 5) is 21.9. The van der Waals surface area contributed by atoms with Gasteiger partial charge in [0.25, 0.3) is 0 Å². The van der Waals surface area contributed by atoms with Gasteiger partial charge in [0.15, 0.2) is 0 Å². The van der Waals surface area contributed by atoms with Gasteiger partial charge in [-0.05, 0) is 13.3 Å². The molecule has 2 amide bonds. The minimum absolute atomic E-state index is 0.395. The molecule has 0 bridgehead atoms. The molecule has 1 unspecified atom stereocenters. The molecular formula is C14H28N2O3. The van der Waals surface area contributed by atoms with Crippen molar-refractivity contribution in [3.63, 3.8) is 0 Å². The molecule has 1 atom stereocenters. The number of amides is 2. The van der Waals surface area contributed by atoms with Gasteiger partial charge in [0, 0.05) is 0 Å². The smallest absolute Gasteiger partial charge is 0.407 e. The fourth-order valence-electron chi connectivity index (χ4n) is 1.69. The number of hydrogen-bond acceptors (Lipinski definition) is 3. The third-order valence-corrected chi connectivity index (χ3v) is 2.99. The first-order valence-electron chi connectivity index (χ1n) is 7.30. The first-order valence-corrected chi connectivity index (χ1v) is 7.30. The zero-order chi connectivity index (χ0) is 14.5. The number of hydrogen-bond donors (Lipinski definition) is 2. The van der Waals surface area contributed by atoms with E-state index in [0.29, 0.717) is 6.61 Å². The Labute approximate surface area is 116 Å². The Morgan fingerprint density at radius 3 is 2.11 bits per heavy atom. The van der Waals surface area contributed by atoms with E-state index in [4.69, 9.17) is 10.5 Å². The van der Waals surface area contributed by atoms with Crippen LogP contribution in [-0.4, -0.2) is 24.6 Å². The molecule has 0 aromatic heterocycles. The number of nitrogens with two attached hydrogens (primary N) is 1. The maximum atomic E-state index is 11.2. The average Bonchev–Trinajstić information content (AvgIpc) is 2.36. The van der Waals surface area contributed by atoms with Gasteiger partial charge in [0.05, 0.1) is 6.61 Å². The SMILES string of the molecule is CCCCCCCCCCOC(=O)NC(C)C(N)=O. The summed E-state index contributed by atoms with van der Waals surface area (Å²) < 4.78 is 4.95. The monoisotopic (exact) mass is 272 g/mol. The van der Waals surface area contributed by atoms with Gasteiger partial charge in [-0.25, -0.2) is 4.79 Å². The Morgan fingerprint density at radius 1 is 1.05 bits per heavy atom. The summed E-state index contributed by atoms with van der Waals surface area (Å²) in [5.41, 5.74) is 5.02. The molecule has 0 rings (SSSR count). The summed E-state index contributed by atoms with van der Waals surface area (Å²) in [6, 6.07) is -0.689. The number of carbonyl (C=O) groups is 2. The van der Waals surface area contributed by atoms with E-state index in [1.54, 1.807) is 0 Å². The molecule has 0 spiro atoms. The summed E-state index contributed by atoms with van der Waals surface area (Å²) in [5.74, 6) is -0.566. The van der Waals surface area contributed by atoms with Crippen LogP contribution in [0, 0.1) is 0 Å². The van der Waals surface area contributed by atoms with Crippen molar-refractivity contribution in [2.75, 3.05) is 6.61 Å². The molecule has 0 fully saturated rings. The van der Waals surface area contributed by atoms with Crippen molar-refractivity contribution < 1.29 is 14.3 Å². The number of alkyl carbamates (subject to hydrolysis) is 1. The molecule has 0 aliphatic rings. The van der Waals surface area contributed by atoms with Crippen molar-refractivity contribution >= 4 is 12.0 Å². The Hall–Kier alpha value is -1.26. The molecule has 5 heteroatoms. The van der Waals surface area contributed by atoms with Crippen molar-refractivity contribution in [1.82, 2.24) is 5.32 Å². The second-order valence-electron chi connectivity index (χ2n) is 4.88. The molecule has 0 aromatic rings. The van der Waals surface area contributed by atoms with Crippen molar-refractivity contribution in [2.24, 2.45) is 5.73 Å². The number of ether oxygens (including phenoxy) is 1. The number of primary amides is 1. The number of carbonyl (C=O) groups excluding carboxylic acids is 2. The molecule has 0 saturated heterocycles. The molecule has 0 aromatic carbocycles. The Balaban J connectivity index is 3.30. The van der Waals surface area contributed by atoms with Crippen LogP contribution in [0.4, 0.5) is 4.79 Å². The topological polar surface area (TPSA) is 81.4 Å². The van der Waals surface area contributed by atoms with Crippen LogP contribution in [0.3, 0.4) is 0 Å². The predicted octanol–water partition coefficient (Wildman–Crippen LogP) is 2.73. The second-order valence-corrected chi connectivity index (χ2v) is 4.88. The summed E-state index contributed by atoms with van der Waals surface area (Å²) in [7, 11) is 0. The summed E-state index contributed by atoms with van der Waals surface area (Å²) in [5, 5.41) is 2.37. The zero-order valence-corrected chi connectivity index (χ0v) is 12.2. The maximum absolute atomic E-state index is 11.2. The highest BCUT2D eigenvalue weighted by atomic mass is 16.5. The van der Waals surface area contributed by atoms with Gasteiger partial charge in [-0.2, -0.15) is 0 Å². The van der Waals surface area contributed by atoms with Crippen molar-refractivity contribution in [2.45, 2.75) is 71.3 Å². The lowest BCUT2D eigenvalue weighted by Crippen LogP contribution is -2.42. The number of unbranched alkanes of at least 4 members (excludes halogenated alkanes) is 7. The first-order chi connectivity index (χ1) is 9.07. The van der Waals surface area contributed by atoms with Gasteiger partial charge in [0.2, 0.25) is 5.91 Å². The highest BCUT2D eigenvalue weighted by Gasteiger charge is 2.12. The molecule has 0 aliphatic carbocycles. The van der Waals surface area contributed by atoms with E-state index in [9.17, 15) is 9.59 Å². The quantitative estimate of drug-likeness (QED) is 0.567. The van der Waals surface area contributed by atoms with Crippen molar-refractivity contribution in [1.29, 1.82) is 0 Å². The normalized spacial score (nSPS) is 11.9. The van der Waals surface area contributed by atoms with Gasteiger partial charge in [-0.3, -0.25) is 4.79 Å². The van der Waals surface area contributed by atoms with Gasteiger partial charge in [-0.15, -0.1) is 0 Å². The second kappa shape index (κ2) is 11.8. The lowest BCUT2D eigenvalue weighted by Gasteiger charge is -2.10. The van der Waals surface area contributed by atoms with Crippen LogP contribution in [0.2, 0.25) is 0 Å². The lowest BCUT2D eigenvalue weighted by molar-refractivity contribution is -0.119. The fraction of sp³-hybridized carbons (Fsp3) is 0.857. The molecule has 0 heterocycles. The van der Waals surface area contributed by atoms with E-state index in [1.807, 2.05) is 0 Å². The predicted molar refractivity (Wildman–Crippen MR) is 75.8 cm³/mol. The molecule has 5 nitrogen and oxygen atoms in total. The van der Waals surface area contributed by atoms with Gasteiger partial charge in [0.1, 0.15) is 6.04 Å². The number of nitrogens with one attached hydrogen (secondary N) is 1. The van der Waals surface area contributed by atoms with Crippen LogP contribution in [0.25, 0.3) is 0 Å². The molecule has 0 radical (unpaired) electrons. The van der Waals surface area contributed by atoms with Gasteiger partial charge < -0.3 is 15.8 Å². The molecule has 19 heavy (non-hydrogen) atoms. The fourth-order valence-corrected chi connectivity index (χ4v) is 1.69. The minimum atomic E-state index is -0.689. The van der Waals surface area contributed by atoms with Crippen LogP contribution in [0.15, 0.2) is 0 Å². The van der Waals surface area contributed by atoms with Crippen LogP contribution in [-0.2, 0) is 9.53 Å². The lowest BCUT2D eigenvalue weighted by atomic mass is 10.1. The molecule has 0 aliphatic heterocycles. The molecular weight excluding hydrogens is 244 g/mol. The molecule has 112 valence electrons. The van der Waals surface area contributed by atoms with Gasteiger partial charge >= 0.3 is 6.09 Å². The van der Waals surface area contributed by atoms with Crippen LogP contribution < -0.4 is 11.1 Å².